The van der Waals surface area contributed by atoms with Crippen molar-refractivity contribution < 1.29 is 29.2 Å². The summed E-state index contributed by atoms with van der Waals surface area (Å²) in [6.07, 6.45) is 0. The summed E-state index contributed by atoms with van der Waals surface area (Å²) < 4.78 is 24.0. The minimum Gasteiger partial charge on any atom is -0.507 e. The second-order valence-corrected chi connectivity index (χ2v) is 13.9. The SMILES string of the molecule is CC(C)c1cc(CN2CCOCCOCCN(Cc3cc(C(C)C)c(O)c(C(C)C)c3)CCOCCOCC2)cc(C(C)C)c1O. The summed E-state index contributed by atoms with van der Waals surface area (Å²) in [4.78, 5) is 4.73. The van der Waals surface area contributed by atoms with E-state index in [4.69, 9.17) is 18.9 Å². The number of phenolic OH excluding ortho intramolecular Hbond substituents is 2. The van der Waals surface area contributed by atoms with Crippen molar-refractivity contribution in [3.05, 3.63) is 57.6 Å². The molecule has 3 rings (SSSR count). The monoisotopic (exact) mass is 642 g/mol. The fraction of sp³-hybridized carbons (Fsp3) is 0.684. The second-order valence-electron chi connectivity index (χ2n) is 13.9. The second kappa shape index (κ2) is 19.6. The van der Waals surface area contributed by atoms with Gasteiger partial charge in [-0.05, 0) is 57.1 Å². The third-order valence-corrected chi connectivity index (χ3v) is 8.71. The van der Waals surface area contributed by atoms with Gasteiger partial charge in [-0.15, -0.1) is 0 Å². The maximum absolute atomic E-state index is 10.9. The highest BCUT2D eigenvalue weighted by Crippen LogP contribution is 2.36. The van der Waals surface area contributed by atoms with Gasteiger partial charge < -0.3 is 29.2 Å². The van der Waals surface area contributed by atoms with E-state index in [2.05, 4.69) is 89.5 Å². The highest BCUT2D eigenvalue weighted by Gasteiger charge is 2.18. The molecule has 1 heterocycles. The molecule has 2 aromatic rings. The molecule has 0 bridgehead atoms. The summed E-state index contributed by atoms with van der Waals surface area (Å²) in [7, 11) is 0. The molecule has 8 heteroatoms. The number of rotatable bonds is 8. The minimum absolute atomic E-state index is 0.250. The Hall–Kier alpha value is -2.20. The third kappa shape index (κ3) is 12.1. The molecule has 0 spiro atoms. The zero-order valence-corrected chi connectivity index (χ0v) is 29.9. The van der Waals surface area contributed by atoms with Gasteiger partial charge in [0.25, 0.3) is 0 Å². The van der Waals surface area contributed by atoms with Crippen LogP contribution in [-0.4, -0.2) is 99.0 Å². The first kappa shape index (κ1) is 38.2. The number of hydrogen-bond donors (Lipinski definition) is 2. The number of aromatic hydroxyl groups is 2. The maximum Gasteiger partial charge on any atom is 0.122 e. The average Bonchev–Trinajstić information content (AvgIpc) is 2.99. The van der Waals surface area contributed by atoms with Crippen LogP contribution in [0.2, 0.25) is 0 Å². The molecule has 0 atom stereocenters. The lowest BCUT2D eigenvalue weighted by Crippen LogP contribution is -2.33. The molecule has 46 heavy (non-hydrogen) atoms. The van der Waals surface area contributed by atoms with Crippen molar-refractivity contribution >= 4 is 0 Å². The molecule has 0 saturated carbocycles. The first-order chi connectivity index (χ1) is 22.0. The van der Waals surface area contributed by atoms with Crippen LogP contribution in [0, 0.1) is 0 Å². The Kier molecular flexibility index (Phi) is 16.3. The van der Waals surface area contributed by atoms with Crippen molar-refractivity contribution in [3.8, 4) is 11.5 Å². The van der Waals surface area contributed by atoms with Crippen LogP contribution >= 0.6 is 0 Å². The molecule has 0 radical (unpaired) electrons. The molecule has 0 unspecified atom stereocenters. The van der Waals surface area contributed by atoms with E-state index in [1.165, 1.54) is 11.1 Å². The minimum atomic E-state index is 0.250. The Morgan fingerprint density at radius 2 is 0.696 bits per heavy atom. The van der Waals surface area contributed by atoms with E-state index in [9.17, 15) is 10.2 Å². The zero-order chi connectivity index (χ0) is 33.6. The molecule has 0 aliphatic carbocycles. The normalized spacial score (nSPS) is 18.0. The summed E-state index contributed by atoms with van der Waals surface area (Å²) in [5.41, 5.74) is 6.44. The molecule has 0 aromatic heterocycles. The van der Waals surface area contributed by atoms with Gasteiger partial charge in [0.1, 0.15) is 11.5 Å². The summed E-state index contributed by atoms with van der Waals surface area (Å²) in [6.45, 7) is 26.4. The largest absolute Gasteiger partial charge is 0.507 e. The molecule has 1 aliphatic heterocycles. The van der Waals surface area contributed by atoms with Crippen molar-refractivity contribution in [1.82, 2.24) is 9.80 Å². The van der Waals surface area contributed by atoms with Crippen LogP contribution in [0.25, 0.3) is 0 Å². The topological polar surface area (TPSA) is 83.9 Å². The highest BCUT2D eigenvalue weighted by atomic mass is 16.5. The van der Waals surface area contributed by atoms with Gasteiger partial charge in [0.05, 0.1) is 52.9 Å². The van der Waals surface area contributed by atoms with Crippen molar-refractivity contribution in [1.29, 1.82) is 0 Å². The third-order valence-electron chi connectivity index (χ3n) is 8.71. The molecular weight excluding hydrogens is 580 g/mol. The van der Waals surface area contributed by atoms with Crippen molar-refractivity contribution in [2.45, 2.75) is 92.2 Å². The van der Waals surface area contributed by atoms with Gasteiger partial charge in [-0.3, -0.25) is 9.80 Å². The van der Waals surface area contributed by atoms with E-state index in [-0.39, 0.29) is 23.7 Å². The van der Waals surface area contributed by atoms with E-state index < -0.39 is 0 Å². The van der Waals surface area contributed by atoms with Gasteiger partial charge in [-0.2, -0.15) is 0 Å². The first-order valence-corrected chi connectivity index (χ1v) is 17.4. The molecular formula is C38H62N2O6. The van der Waals surface area contributed by atoms with Gasteiger partial charge in [-0.1, -0.05) is 79.7 Å². The predicted octanol–water partition coefficient (Wildman–Crippen LogP) is 6.98. The Labute approximate surface area is 279 Å². The highest BCUT2D eigenvalue weighted by molar-refractivity contribution is 5.47. The van der Waals surface area contributed by atoms with Gasteiger partial charge in [-0.25, -0.2) is 0 Å². The number of nitrogens with zero attached hydrogens (tertiary/aromatic N) is 2. The lowest BCUT2D eigenvalue weighted by atomic mass is 9.91. The predicted molar refractivity (Wildman–Crippen MR) is 186 cm³/mol. The molecule has 2 aromatic carbocycles. The van der Waals surface area contributed by atoms with Gasteiger partial charge in [0, 0.05) is 39.3 Å². The Bertz CT molecular complexity index is 1010. The first-order valence-electron chi connectivity index (χ1n) is 17.4. The standard InChI is InChI=1S/C38H62N2O6/c1-27(2)33-21-31(22-34(28(3)4)37(33)41)25-39-9-13-43-17-19-45-15-11-40(12-16-46-20-18-44-14-10-39)26-32-23-35(29(5)6)38(42)36(24-32)30(7)8/h21-24,27-30,41-42H,9-20,25-26H2,1-8H3. The average molecular weight is 643 g/mol. The van der Waals surface area contributed by atoms with Crippen molar-refractivity contribution in [2.24, 2.45) is 0 Å². The number of benzene rings is 2. The Balaban J connectivity index is 1.59. The summed E-state index contributed by atoms with van der Waals surface area (Å²) >= 11 is 0. The van der Waals surface area contributed by atoms with Crippen LogP contribution in [0.1, 0.15) is 112 Å². The number of ether oxygens (including phenoxy) is 4. The number of phenols is 2. The van der Waals surface area contributed by atoms with E-state index in [0.29, 0.717) is 64.4 Å². The van der Waals surface area contributed by atoms with E-state index in [1.807, 2.05) is 0 Å². The van der Waals surface area contributed by atoms with E-state index in [1.54, 1.807) is 0 Å². The lowest BCUT2D eigenvalue weighted by molar-refractivity contribution is 0.00623. The molecule has 2 N–H and O–H groups in total. The molecule has 1 saturated heterocycles. The van der Waals surface area contributed by atoms with Crippen LogP contribution < -0.4 is 0 Å². The van der Waals surface area contributed by atoms with Crippen LogP contribution in [0.5, 0.6) is 11.5 Å². The number of hydrogen-bond acceptors (Lipinski definition) is 8. The van der Waals surface area contributed by atoms with Crippen molar-refractivity contribution in [2.75, 3.05) is 79.0 Å². The molecule has 1 aliphatic rings. The van der Waals surface area contributed by atoms with E-state index >= 15 is 0 Å². The van der Waals surface area contributed by atoms with Crippen LogP contribution in [0.15, 0.2) is 24.3 Å². The fourth-order valence-electron chi connectivity index (χ4n) is 5.91. The summed E-state index contributed by atoms with van der Waals surface area (Å²) in [5.74, 6) is 1.87. The van der Waals surface area contributed by atoms with Gasteiger partial charge in [0.15, 0.2) is 0 Å². The quantitative estimate of drug-likeness (QED) is 0.319. The zero-order valence-electron chi connectivity index (χ0n) is 29.9. The lowest BCUT2D eigenvalue weighted by Gasteiger charge is -2.25. The smallest absolute Gasteiger partial charge is 0.122 e. The molecule has 8 nitrogen and oxygen atoms in total. The van der Waals surface area contributed by atoms with Gasteiger partial charge >= 0.3 is 0 Å². The summed E-state index contributed by atoms with van der Waals surface area (Å²) in [6, 6.07) is 8.60. The molecule has 260 valence electrons. The van der Waals surface area contributed by atoms with Crippen LogP contribution in [0.3, 0.4) is 0 Å². The molecule has 1 fully saturated rings. The van der Waals surface area contributed by atoms with Crippen LogP contribution in [0.4, 0.5) is 0 Å². The summed E-state index contributed by atoms with van der Waals surface area (Å²) in [5, 5.41) is 21.7. The Morgan fingerprint density at radius 1 is 0.457 bits per heavy atom. The molecule has 0 amide bonds. The maximum atomic E-state index is 10.9. The Morgan fingerprint density at radius 3 is 0.913 bits per heavy atom. The van der Waals surface area contributed by atoms with Gasteiger partial charge in [0.2, 0.25) is 0 Å². The van der Waals surface area contributed by atoms with E-state index in [0.717, 1.165) is 61.5 Å². The fourth-order valence-corrected chi connectivity index (χ4v) is 5.91. The van der Waals surface area contributed by atoms with Crippen molar-refractivity contribution in [3.63, 3.8) is 0 Å². The van der Waals surface area contributed by atoms with Crippen LogP contribution in [-0.2, 0) is 32.0 Å².